The third kappa shape index (κ3) is 6.79. The molecule has 2 N–H and O–H groups in total. The summed E-state index contributed by atoms with van der Waals surface area (Å²) in [5.74, 6) is -1.78. The predicted molar refractivity (Wildman–Crippen MR) is 115 cm³/mol. The van der Waals surface area contributed by atoms with E-state index in [1.807, 2.05) is 0 Å². The molecule has 2 amide bonds. The molecule has 0 aromatic carbocycles. The number of carbonyl (C=O) groups excluding carboxylic acids is 4. The highest BCUT2D eigenvalue weighted by Crippen LogP contribution is 2.13. The summed E-state index contributed by atoms with van der Waals surface area (Å²) in [7, 11) is 0. The predicted octanol–water partition coefficient (Wildman–Crippen LogP) is 2.34. The molecule has 178 valence electrons. The number of nitrogens with zero attached hydrogens (tertiary/aromatic N) is 1. The van der Waals surface area contributed by atoms with E-state index in [9.17, 15) is 19.2 Å². The van der Waals surface area contributed by atoms with Crippen molar-refractivity contribution < 1.29 is 37.5 Å². The van der Waals surface area contributed by atoms with Crippen molar-refractivity contribution in [3.05, 3.63) is 77.9 Å². The molecule has 3 rings (SSSR count). The third-order valence-electron chi connectivity index (χ3n) is 4.53. The molecule has 0 spiro atoms. The van der Waals surface area contributed by atoms with Gasteiger partial charge in [0.25, 0.3) is 11.8 Å². The Labute approximate surface area is 194 Å². The van der Waals surface area contributed by atoms with Crippen molar-refractivity contribution in [3.63, 3.8) is 0 Å². The van der Waals surface area contributed by atoms with Crippen LogP contribution in [0.2, 0.25) is 0 Å². The maximum absolute atomic E-state index is 12.2. The van der Waals surface area contributed by atoms with Gasteiger partial charge in [0, 0.05) is 0 Å². The fourth-order valence-corrected chi connectivity index (χ4v) is 2.86. The summed E-state index contributed by atoms with van der Waals surface area (Å²) in [6, 6.07) is 10.0. The van der Waals surface area contributed by atoms with Crippen molar-refractivity contribution in [3.8, 4) is 0 Å². The highest BCUT2D eigenvalue weighted by Gasteiger charge is 2.19. The number of esters is 2. The summed E-state index contributed by atoms with van der Waals surface area (Å²) >= 11 is 0. The summed E-state index contributed by atoms with van der Waals surface area (Å²) in [4.78, 5) is 52.3. The summed E-state index contributed by atoms with van der Waals surface area (Å²) in [6.45, 7) is 2.34. The lowest BCUT2D eigenvalue weighted by Crippen LogP contribution is -2.31. The average molecular weight is 469 g/mol. The number of rotatable bonds is 10. The van der Waals surface area contributed by atoms with E-state index in [0.717, 1.165) is 0 Å². The molecular formula is C23H23N3O8. The second kappa shape index (κ2) is 11.5. The lowest BCUT2D eigenvalue weighted by molar-refractivity contribution is -0.125. The molecular weight excluding hydrogens is 446 g/mol. The normalized spacial score (nSPS) is 12.3. The number of aromatic nitrogens is 1. The molecule has 3 aromatic rings. The van der Waals surface area contributed by atoms with E-state index in [1.165, 1.54) is 30.7 Å². The van der Waals surface area contributed by atoms with Gasteiger partial charge in [0.15, 0.2) is 13.2 Å². The van der Waals surface area contributed by atoms with Crippen LogP contribution in [0.1, 0.15) is 58.4 Å². The maximum atomic E-state index is 12.2. The smallest absolute Gasteiger partial charge is 0.357 e. The second-order valence-corrected chi connectivity index (χ2v) is 7.17. The van der Waals surface area contributed by atoms with Crippen LogP contribution in [0.15, 0.2) is 63.8 Å². The first kappa shape index (κ1) is 24.2. The van der Waals surface area contributed by atoms with Gasteiger partial charge in [-0.25, -0.2) is 14.6 Å². The minimum absolute atomic E-state index is 0.197. The van der Waals surface area contributed by atoms with Gasteiger partial charge in [0.05, 0.1) is 24.6 Å². The standard InChI is InChI=1S/C23H23N3O8/c1-14(18-8-4-10-31-18)24-20(27)12-33-22(29)16-6-3-7-17(26-16)23(30)34-13-21(28)25-15(2)19-9-5-11-32-19/h3-11,14-15H,12-13H2,1-2H3,(H,24,27)(H,25,28). The van der Waals surface area contributed by atoms with Crippen LogP contribution in [-0.2, 0) is 19.1 Å². The Bertz CT molecular complexity index is 1040. The molecule has 11 heteroatoms. The van der Waals surface area contributed by atoms with Crippen LogP contribution in [0.4, 0.5) is 0 Å². The quantitative estimate of drug-likeness (QED) is 0.426. The molecule has 0 bridgehead atoms. The Hall–Kier alpha value is -4.41. The van der Waals surface area contributed by atoms with Gasteiger partial charge in [0.1, 0.15) is 22.9 Å². The first-order chi connectivity index (χ1) is 16.3. The summed E-state index contributed by atoms with van der Waals surface area (Å²) in [5.41, 5.74) is -0.394. The molecule has 2 unspecified atom stereocenters. The van der Waals surface area contributed by atoms with Gasteiger partial charge in [-0.2, -0.15) is 0 Å². The number of hydrogen-bond acceptors (Lipinski definition) is 9. The maximum Gasteiger partial charge on any atom is 0.357 e. The van der Waals surface area contributed by atoms with Crippen molar-refractivity contribution >= 4 is 23.8 Å². The van der Waals surface area contributed by atoms with Crippen molar-refractivity contribution in [1.29, 1.82) is 0 Å². The number of carbonyl (C=O) groups is 4. The van der Waals surface area contributed by atoms with E-state index >= 15 is 0 Å². The molecule has 0 aliphatic rings. The highest BCUT2D eigenvalue weighted by molar-refractivity contribution is 5.93. The van der Waals surface area contributed by atoms with E-state index in [0.29, 0.717) is 11.5 Å². The molecule has 0 saturated carbocycles. The molecule has 2 atom stereocenters. The van der Waals surface area contributed by atoms with Gasteiger partial charge in [-0.05, 0) is 50.2 Å². The van der Waals surface area contributed by atoms with Gasteiger partial charge in [-0.15, -0.1) is 0 Å². The van der Waals surface area contributed by atoms with E-state index in [2.05, 4.69) is 15.6 Å². The molecule has 3 aromatic heterocycles. The lowest BCUT2D eigenvalue weighted by Gasteiger charge is -2.12. The first-order valence-electron chi connectivity index (χ1n) is 10.3. The largest absolute Gasteiger partial charge is 0.467 e. The van der Waals surface area contributed by atoms with E-state index in [-0.39, 0.29) is 11.4 Å². The van der Waals surface area contributed by atoms with Crippen LogP contribution in [-0.4, -0.2) is 42.0 Å². The summed E-state index contributed by atoms with van der Waals surface area (Å²) in [5, 5.41) is 5.24. The molecule has 3 heterocycles. The van der Waals surface area contributed by atoms with Crippen molar-refractivity contribution in [2.24, 2.45) is 0 Å². The van der Waals surface area contributed by atoms with Crippen LogP contribution in [0.25, 0.3) is 0 Å². The minimum atomic E-state index is -0.902. The van der Waals surface area contributed by atoms with Gasteiger partial charge in [-0.1, -0.05) is 6.07 Å². The highest BCUT2D eigenvalue weighted by atomic mass is 16.5. The fraction of sp³-hybridized carbons (Fsp3) is 0.261. The summed E-state index contributed by atoms with van der Waals surface area (Å²) in [6.07, 6.45) is 2.96. The van der Waals surface area contributed by atoms with Crippen molar-refractivity contribution in [2.75, 3.05) is 13.2 Å². The molecule has 0 radical (unpaired) electrons. The molecule has 0 fully saturated rings. The van der Waals surface area contributed by atoms with Crippen LogP contribution < -0.4 is 10.6 Å². The van der Waals surface area contributed by atoms with Gasteiger partial charge in [-0.3, -0.25) is 9.59 Å². The minimum Gasteiger partial charge on any atom is -0.467 e. The van der Waals surface area contributed by atoms with E-state index < -0.39 is 49.1 Å². The fourth-order valence-electron chi connectivity index (χ4n) is 2.86. The number of hydrogen-bond donors (Lipinski definition) is 2. The Morgan fingerprint density at radius 1 is 0.765 bits per heavy atom. The summed E-state index contributed by atoms with van der Waals surface area (Å²) < 4.78 is 20.3. The Morgan fingerprint density at radius 3 is 1.59 bits per heavy atom. The van der Waals surface area contributed by atoms with Crippen molar-refractivity contribution in [2.45, 2.75) is 25.9 Å². The molecule has 0 saturated heterocycles. The average Bonchev–Trinajstić information content (AvgIpc) is 3.55. The number of amides is 2. The zero-order valence-corrected chi connectivity index (χ0v) is 18.5. The Morgan fingerprint density at radius 2 is 1.21 bits per heavy atom. The van der Waals surface area contributed by atoms with Gasteiger partial charge < -0.3 is 28.9 Å². The molecule has 11 nitrogen and oxygen atoms in total. The Kier molecular flexibility index (Phi) is 8.16. The van der Waals surface area contributed by atoms with Crippen LogP contribution in [0, 0.1) is 0 Å². The monoisotopic (exact) mass is 469 g/mol. The SMILES string of the molecule is CC(NC(=O)COC(=O)c1cccc(C(=O)OCC(=O)NC(C)c2ccco2)n1)c1ccco1. The zero-order chi connectivity index (χ0) is 24.5. The molecule has 0 aliphatic carbocycles. The second-order valence-electron chi connectivity index (χ2n) is 7.17. The number of pyridine rings is 1. The van der Waals surface area contributed by atoms with Gasteiger partial charge in [0.2, 0.25) is 0 Å². The van der Waals surface area contributed by atoms with Crippen LogP contribution >= 0.6 is 0 Å². The molecule has 34 heavy (non-hydrogen) atoms. The van der Waals surface area contributed by atoms with Crippen LogP contribution in [0.5, 0.6) is 0 Å². The lowest BCUT2D eigenvalue weighted by atomic mass is 10.2. The number of nitrogens with one attached hydrogen (secondary N) is 2. The third-order valence-corrected chi connectivity index (χ3v) is 4.53. The zero-order valence-electron chi connectivity index (χ0n) is 18.5. The number of ether oxygens (including phenoxy) is 2. The van der Waals surface area contributed by atoms with E-state index in [4.69, 9.17) is 18.3 Å². The van der Waals surface area contributed by atoms with E-state index in [1.54, 1.807) is 38.1 Å². The molecule has 0 aliphatic heterocycles. The Balaban J connectivity index is 1.46. The topological polar surface area (TPSA) is 150 Å². The number of furan rings is 2. The van der Waals surface area contributed by atoms with Crippen molar-refractivity contribution in [1.82, 2.24) is 15.6 Å². The van der Waals surface area contributed by atoms with Gasteiger partial charge >= 0.3 is 11.9 Å². The first-order valence-corrected chi connectivity index (χ1v) is 10.3. The van der Waals surface area contributed by atoms with Crippen LogP contribution in [0.3, 0.4) is 0 Å².